The minimum absolute atomic E-state index is 0.00564. The number of benzene rings is 2. The summed E-state index contributed by atoms with van der Waals surface area (Å²) in [6.45, 7) is 0.970. The Balaban J connectivity index is 1.13. The van der Waals surface area contributed by atoms with Crippen LogP contribution in [0.15, 0.2) is 30.3 Å². The van der Waals surface area contributed by atoms with E-state index < -0.39 is 11.6 Å². The standard InChI is InChI=1S/C28H33F3O3/c1-32-21-9-6-19(7-10-21)22-12-13-25(28(31)27(22)30)33-15-17-2-4-18(5-3-17)20-8-11-23(24(29)14-20)26-16-34-26/h8,11-14,17-19,21,26H,2-7,9-10,15-16H2,1H3. The Bertz CT molecular complexity index is 991. The number of halogens is 3. The van der Waals surface area contributed by atoms with Gasteiger partial charge < -0.3 is 14.2 Å². The Morgan fingerprint density at radius 1 is 0.824 bits per heavy atom. The number of hydrogen-bond acceptors (Lipinski definition) is 3. The predicted molar refractivity (Wildman–Crippen MR) is 124 cm³/mol. The van der Waals surface area contributed by atoms with Gasteiger partial charge in [-0.05, 0) is 92.4 Å². The van der Waals surface area contributed by atoms with E-state index in [2.05, 4.69) is 0 Å². The molecule has 0 spiro atoms. The Labute approximate surface area is 199 Å². The van der Waals surface area contributed by atoms with Crippen molar-refractivity contribution in [3.05, 3.63) is 64.5 Å². The largest absolute Gasteiger partial charge is 0.490 e. The Kier molecular flexibility index (Phi) is 7.16. The molecule has 2 aromatic carbocycles. The van der Waals surface area contributed by atoms with Gasteiger partial charge in [-0.3, -0.25) is 0 Å². The molecule has 2 saturated carbocycles. The van der Waals surface area contributed by atoms with Gasteiger partial charge in [0.2, 0.25) is 5.82 Å². The van der Waals surface area contributed by atoms with Crippen molar-refractivity contribution in [2.75, 3.05) is 20.3 Å². The third-order valence-electron chi connectivity index (χ3n) is 8.02. The summed E-state index contributed by atoms with van der Waals surface area (Å²) < 4.78 is 60.2. The van der Waals surface area contributed by atoms with Crippen molar-refractivity contribution in [2.24, 2.45) is 5.92 Å². The summed E-state index contributed by atoms with van der Waals surface area (Å²) in [6, 6.07) is 8.79. The van der Waals surface area contributed by atoms with Crippen LogP contribution >= 0.6 is 0 Å². The number of ether oxygens (including phenoxy) is 3. The highest BCUT2D eigenvalue weighted by molar-refractivity contribution is 5.33. The van der Waals surface area contributed by atoms with Crippen LogP contribution in [0.1, 0.15) is 86.0 Å². The first-order chi connectivity index (χ1) is 16.5. The first-order valence-corrected chi connectivity index (χ1v) is 12.6. The molecule has 0 amide bonds. The molecule has 1 unspecified atom stereocenters. The molecule has 1 saturated heterocycles. The quantitative estimate of drug-likeness (QED) is 0.398. The lowest BCUT2D eigenvalue weighted by Crippen LogP contribution is -2.21. The van der Waals surface area contributed by atoms with Gasteiger partial charge in [0.15, 0.2) is 11.6 Å². The zero-order chi connectivity index (χ0) is 23.7. The molecule has 0 N–H and O–H groups in total. The van der Waals surface area contributed by atoms with E-state index in [1.165, 1.54) is 0 Å². The number of hydrogen-bond donors (Lipinski definition) is 0. The van der Waals surface area contributed by atoms with Crippen LogP contribution in [-0.2, 0) is 9.47 Å². The van der Waals surface area contributed by atoms with Gasteiger partial charge in [-0.1, -0.05) is 18.2 Å². The Morgan fingerprint density at radius 3 is 2.15 bits per heavy atom. The monoisotopic (exact) mass is 474 g/mol. The summed E-state index contributed by atoms with van der Waals surface area (Å²) in [4.78, 5) is 0. The molecule has 2 aliphatic carbocycles. The molecule has 0 aromatic heterocycles. The molecule has 1 aliphatic heterocycles. The number of methoxy groups -OCH3 is 1. The van der Waals surface area contributed by atoms with Crippen molar-refractivity contribution in [3.8, 4) is 5.75 Å². The van der Waals surface area contributed by atoms with E-state index in [4.69, 9.17) is 14.2 Å². The lowest BCUT2D eigenvalue weighted by atomic mass is 9.79. The van der Waals surface area contributed by atoms with E-state index in [1.54, 1.807) is 25.3 Å². The SMILES string of the molecule is COC1CCC(c2ccc(OCC3CCC(c4ccc(C5CO5)c(F)c4)CC3)c(F)c2F)CC1. The number of rotatable bonds is 7. The van der Waals surface area contributed by atoms with Crippen molar-refractivity contribution in [3.63, 3.8) is 0 Å². The Morgan fingerprint density at radius 2 is 1.50 bits per heavy atom. The van der Waals surface area contributed by atoms with Gasteiger partial charge in [-0.25, -0.2) is 8.78 Å². The van der Waals surface area contributed by atoms with Crippen molar-refractivity contribution in [1.29, 1.82) is 0 Å². The van der Waals surface area contributed by atoms with Crippen molar-refractivity contribution in [1.82, 2.24) is 0 Å². The summed E-state index contributed by atoms with van der Waals surface area (Å²) in [5, 5.41) is 0. The molecule has 184 valence electrons. The van der Waals surface area contributed by atoms with Gasteiger partial charge in [0.25, 0.3) is 0 Å². The van der Waals surface area contributed by atoms with Crippen LogP contribution in [-0.4, -0.2) is 26.4 Å². The van der Waals surface area contributed by atoms with E-state index in [0.29, 0.717) is 30.3 Å². The van der Waals surface area contributed by atoms with Crippen LogP contribution in [0.4, 0.5) is 13.2 Å². The molecule has 3 nitrogen and oxygen atoms in total. The van der Waals surface area contributed by atoms with Crippen LogP contribution < -0.4 is 4.74 Å². The third kappa shape index (κ3) is 5.13. The zero-order valence-corrected chi connectivity index (χ0v) is 19.7. The van der Waals surface area contributed by atoms with E-state index in [0.717, 1.165) is 56.9 Å². The minimum atomic E-state index is -0.879. The molecule has 1 heterocycles. The Hall–Kier alpha value is -2.05. The molecule has 5 rings (SSSR count). The fourth-order valence-corrected chi connectivity index (χ4v) is 5.74. The summed E-state index contributed by atoms with van der Waals surface area (Å²) in [7, 11) is 1.70. The summed E-state index contributed by atoms with van der Waals surface area (Å²) in [5.41, 5.74) is 2.13. The fraction of sp³-hybridized carbons (Fsp3) is 0.571. The first-order valence-electron chi connectivity index (χ1n) is 12.6. The molecule has 3 aliphatic rings. The lowest BCUT2D eigenvalue weighted by Gasteiger charge is -2.29. The van der Waals surface area contributed by atoms with Crippen LogP contribution in [0, 0.1) is 23.4 Å². The van der Waals surface area contributed by atoms with Crippen molar-refractivity contribution >= 4 is 0 Å². The third-order valence-corrected chi connectivity index (χ3v) is 8.02. The van der Waals surface area contributed by atoms with Gasteiger partial charge in [-0.2, -0.15) is 4.39 Å². The second-order valence-electron chi connectivity index (χ2n) is 10.1. The van der Waals surface area contributed by atoms with Crippen LogP contribution in [0.25, 0.3) is 0 Å². The smallest absolute Gasteiger partial charge is 0.200 e. The summed E-state index contributed by atoms with van der Waals surface area (Å²) in [5.74, 6) is -1.21. The molecule has 0 radical (unpaired) electrons. The van der Waals surface area contributed by atoms with Crippen LogP contribution in [0.2, 0.25) is 0 Å². The molecular weight excluding hydrogens is 441 g/mol. The van der Waals surface area contributed by atoms with E-state index in [-0.39, 0.29) is 35.6 Å². The van der Waals surface area contributed by atoms with Crippen molar-refractivity contribution in [2.45, 2.75) is 75.4 Å². The maximum atomic E-state index is 14.8. The molecule has 2 aromatic rings. The number of epoxide rings is 1. The molecule has 3 fully saturated rings. The van der Waals surface area contributed by atoms with Crippen molar-refractivity contribution < 1.29 is 27.4 Å². The minimum Gasteiger partial charge on any atom is -0.490 e. The van der Waals surface area contributed by atoms with Gasteiger partial charge in [-0.15, -0.1) is 0 Å². The van der Waals surface area contributed by atoms with Crippen LogP contribution in [0.3, 0.4) is 0 Å². The molecular formula is C28H33F3O3. The average molecular weight is 475 g/mol. The molecule has 6 heteroatoms. The normalized spacial score (nSPS) is 29.1. The fourth-order valence-electron chi connectivity index (χ4n) is 5.74. The lowest BCUT2D eigenvalue weighted by molar-refractivity contribution is 0.0654. The molecule has 34 heavy (non-hydrogen) atoms. The zero-order valence-electron chi connectivity index (χ0n) is 19.7. The molecule has 0 bridgehead atoms. The van der Waals surface area contributed by atoms with Gasteiger partial charge in [0.1, 0.15) is 11.9 Å². The second kappa shape index (κ2) is 10.3. The van der Waals surface area contributed by atoms with Gasteiger partial charge in [0.05, 0.1) is 19.3 Å². The van der Waals surface area contributed by atoms with E-state index in [9.17, 15) is 13.2 Å². The van der Waals surface area contributed by atoms with Crippen LogP contribution in [0.5, 0.6) is 5.75 Å². The topological polar surface area (TPSA) is 31.0 Å². The maximum Gasteiger partial charge on any atom is 0.200 e. The van der Waals surface area contributed by atoms with Gasteiger partial charge >= 0.3 is 0 Å². The summed E-state index contributed by atoms with van der Waals surface area (Å²) >= 11 is 0. The highest BCUT2D eigenvalue weighted by Crippen LogP contribution is 2.40. The second-order valence-corrected chi connectivity index (χ2v) is 10.1. The summed E-state index contributed by atoms with van der Waals surface area (Å²) in [6.07, 6.45) is 7.21. The van der Waals surface area contributed by atoms with E-state index in [1.807, 2.05) is 12.1 Å². The first kappa shape index (κ1) is 23.7. The van der Waals surface area contributed by atoms with Gasteiger partial charge in [0, 0.05) is 12.7 Å². The highest BCUT2D eigenvalue weighted by Gasteiger charge is 2.30. The van der Waals surface area contributed by atoms with E-state index >= 15 is 0 Å². The maximum absolute atomic E-state index is 14.8. The molecule has 1 atom stereocenters. The highest BCUT2D eigenvalue weighted by atomic mass is 19.2. The average Bonchev–Trinajstić information content (AvgIpc) is 3.71. The predicted octanol–water partition coefficient (Wildman–Crippen LogP) is 7.20.